The van der Waals surface area contributed by atoms with Crippen LogP contribution in [0.1, 0.15) is 232 Å². The van der Waals surface area contributed by atoms with Gasteiger partial charge in [-0.3, -0.25) is 0 Å². The van der Waals surface area contributed by atoms with Gasteiger partial charge in [0.05, 0.1) is 33.6 Å². The quantitative estimate of drug-likeness (QED) is 0.200. The van der Waals surface area contributed by atoms with Gasteiger partial charge in [0.2, 0.25) is 10.0 Å². The molecule has 0 radical (unpaired) electrons. The number of nitrogens with zero attached hydrogens (tertiary/aromatic N) is 1. The molecule has 7 rings (SSSR count). The number of sulfone groups is 1. The van der Waals surface area contributed by atoms with Crippen LogP contribution >= 0.6 is 0 Å². The SMILES string of the molecule is CC(C)C(C)C1CC1.CC(C)C1(O)CCC1.CC(C)C1CCC1.CC(C)N1CCCCC1.CC(C)OC1CCC1.CC(C)S(=O)(=O)C1CCCC1.CC(C)S(=O)(=O)NC1CC1. The van der Waals surface area contributed by atoms with E-state index in [9.17, 15) is 21.9 Å². The van der Waals surface area contributed by atoms with Crippen LogP contribution in [0.2, 0.25) is 0 Å². The second kappa shape index (κ2) is 29.4. The summed E-state index contributed by atoms with van der Waals surface area (Å²) in [5, 5.41) is 8.97. The standard InChI is InChI=1S/C8H17N.C8H16O2S.C8H16.2C7H14O.C7H14.C6H13NO2S/c1-8(2)9-6-4-3-5-7-9;1-7(2)11(9,10)8-5-3-4-6-8;1-6(2)7(3)8-4-5-8;1-6(2)8-7-4-3-5-7;1-6(2)7(8)4-3-5-7;1-6(2)7-4-3-5-7;1-5(2)10(8,9)7-6-3-4-6/h8H,3-7H2,1-2H3;7-8H,3-6H2,1-2H3;6-8H,4-5H2,1-3H3;6-7H,3-5H2,1-2H3;6,8H,3-5H2,1-2H3;6-7H,3-5H2,1-2H3;5-7H,3-4H2,1-2H3. The Balaban J connectivity index is 0.000000357. The summed E-state index contributed by atoms with van der Waals surface area (Å²) in [7, 11) is -5.76. The van der Waals surface area contributed by atoms with Crippen LogP contribution in [0.4, 0.5) is 0 Å². The summed E-state index contributed by atoms with van der Waals surface area (Å²) in [6, 6.07) is 1.01. The molecule has 1 aliphatic heterocycles. The second-order valence-electron chi connectivity index (χ2n) is 21.9. The Labute approximate surface area is 381 Å². The summed E-state index contributed by atoms with van der Waals surface area (Å²) in [5.41, 5.74) is -0.278. The molecule has 7 fully saturated rings. The van der Waals surface area contributed by atoms with Crippen LogP contribution in [0.15, 0.2) is 0 Å². The smallest absolute Gasteiger partial charge is 0.214 e. The number of aliphatic hydroxyl groups is 1. The van der Waals surface area contributed by atoms with Crippen LogP contribution in [0.5, 0.6) is 0 Å². The van der Waals surface area contributed by atoms with Crippen molar-refractivity contribution < 1.29 is 26.7 Å². The highest BCUT2D eigenvalue weighted by molar-refractivity contribution is 7.92. The largest absolute Gasteiger partial charge is 0.390 e. The van der Waals surface area contributed by atoms with Gasteiger partial charge in [0, 0.05) is 12.1 Å². The summed E-state index contributed by atoms with van der Waals surface area (Å²) in [4.78, 5) is 2.56. The van der Waals surface area contributed by atoms with Gasteiger partial charge in [-0.05, 0) is 194 Å². The van der Waals surface area contributed by atoms with E-state index in [0.29, 0.717) is 18.1 Å². The minimum absolute atomic E-state index is 0.0255. The summed E-state index contributed by atoms with van der Waals surface area (Å²) < 4.78 is 53.3. The molecule has 0 amide bonds. The van der Waals surface area contributed by atoms with Gasteiger partial charge in [0.25, 0.3) is 0 Å². The van der Waals surface area contributed by atoms with Crippen LogP contribution in [0, 0.1) is 35.5 Å². The first-order valence-corrected chi connectivity index (χ1v) is 28.8. The highest BCUT2D eigenvalue weighted by atomic mass is 32.2. The monoisotopic (exact) mass is 905 g/mol. The summed E-state index contributed by atoms with van der Waals surface area (Å²) >= 11 is 0. The molecule has 10 heteroatoms. The van der Waals surface area contributed by atoms with Gasteiger partial charge in [0.1, 0.15) is 0 Å². The predicted molar refractivity (Wildman–Crippen MR) is 263 cm³/mol. The zero-order valence-electron chi connectivity index (χ0n) is 42.8. The van der Waals surface area contributed by atoms with Crippen LogP contribution in [0.25, 0.3) is 0 Å². The Morgan fingerprint density at radius 1 is 0.574 bits per heavy atom. The minimum Gasteiger partial charge on any atom is -0.390 e. The number of hydrogen-bond donors (Lipinski definition) is 2. The number of nitrogens with one attached hydrogen (secondary N) is 1. The zero-order valence-corrected chi connectivity index (χ0v) is 44.4. The Kier molecular flexibility index (Phi) is 28.3. The van der Waals surface area contributed by atoms with E-state index < -0.39 is 19.9 Å². The molecule has 2 N–H and O–H groups in total. The molecule has 8 nitrogen and oxygen atoms in total. The van der Waals surface area contributed by atoms with Gasteiger partial charge in [-0.1, -0.05) is 87.0 Å². The van der Waals surface area contributed by atoms with Crippen molar-refractivity contribution in [1.29, 1.82) is 0 Å². The summed E-state index contributed by atoms with van der Waals surface area (Å²) in [5.74, 6) is 5.47. The number of sulfonamides is 1. The first kappa shape index (κ1) is 58.8. The van der Waals surface area contributed by atoms with Gasteiger partial charge in [-0.2, -0.15) is 0 Å². The van der Waals surface area contributed by atoms with Crippen molar-refractivity contribution in [2.75, 3.05) is 13.1 Å². The van der Waals surface area contributed by atoms with E-state index >= 15 is 0 Å². The number of piperidine rings is 1. The van der Waals surface area contributed by atoms with Crippen LogP contribution in [-0.2, 0) is 24.6 Å². The minimum atomic E-state index is -2.98. The Morgan fingerprint density at radius 3 is 1.28 bits per heavy atom. The lowest BCUT2D eigenvalue weighted by molar-refractivity contribution is -0.0719. The van der Waals surface area contributed by atoms with Crippen LogP contribution < -0.4 is 4.72 Å². The van der Waals surface area contributed by atoms with Crippen molar-refractivity contribution in [3.05, 3.63) is 0 Å². The highest BCUT2D eigenvalue weighted by Crippen LogP contribution is 2.40. The average molecular weight is 906 g/mol. The van der Waals surface area contributed by atoms with Crippen molar-refractivity contribution in [1.82, 2.24) is 9.62 Å². The van der Waals surface area contributed by atoms with Gasteiger partial charge in [0.15, 0.2) is 9.84 Å². The first-order chi connectivity index (χ1) is 28.3. The molecule has 6 aliphatic carbocycles. The molecule has 1 heterocycles. The first-order valence-electron chi connectivity index (χ1n) is 25.7. The predicted octanol–water partition coefficient (Wildman–Crippen LogP) is 12.8. The van der Waals surface area contributed by atoms with Crippen molar-refractivity contribution in [3.63, 3.8) is 0 Å². The molecule has 1 atom stereocenters. The Morgan fingerprint density at radius 2 is 1.08 bits per heavy atom. The fraction of sp³-hybridized carbons (Fsp3) is 1.00. The molecule has 6 saturated carbocycles. The van der Waals surface area contributed by atoms with Gasteiger partial charge in [-0.25, -0.2) is 21.6 Å². The Bertz CT molecular complexity index is 1310. The number of ether oxygens (including phenoxy) is 1. The van der Waals surface area contributed by atoms with Crippen LogP contribution in [-0.4, -0.2) is 85.6 Å². The van der Waals surface area contributed by atoms with E-state index in [4.69, 9.17) is 4.74 Å². The van der Waals surface area contributed by atoms with Crippen molar-refractivity contribution in [3.8, 4) is 0 Å². The molecule has 0 bridgehead atoms. The number of hydrogen-bond acceptors (Lipinski definition) is 7. The highest BCUT2D eigenvalue weighted by Gasteiger charge is 2.37. The third-order valence-corrected chi connectivity index (χ3v) is 19.0. The molecular formula is C51H104N2O6S2. The molecule has 366 valence electrons. The second-order valence-corrected chi connectivity index (χ2v) is 27.0. The maximum absolute atomic E-state index is 11.5. The lowest BCUT2D eigenvalue weighted by atomic mass is 9.73. The molecule has 61 heavy (non-hydrogen) atoms. The van der Waals surface area contributed by atoms with E-state index in [1.807, 2.05) is 0 Å². The number of rotatable bonds is 12. The van der Waals surface area contributed by atoms with E-state index in [-0.39, 0.29) is 27.4 Å². The molecule has 0 aromatic carbocycles. The van der Waals surface area contributed by atoms with Gasteiger partial charge < -0.3 is 14.7 Å². The van der Waals surface area contributed by atoms with Crippen molar-refractivity contribution in [2.24, 2.45) is 35.5 Å². The summed E-state index contributed by atoms with van der Waals surface area (Å²) in [6.45, 7) is 34.2. The summed E-state index contributed by atoms with van der Waals surface area (Å²) in [6.07, 6.45) is 26.0. The topological polar surface area (TPSA) is 113 Å². The van der Waals surface area contributed by atoms with E-state index in [0.717, 1.165) is 87.0 Å². The average Bonchev–Trinajstić information content (AvgIpc) is 4.07. The van der Waals surface area contributed by atoms with Crippen molar-refractivity contribution >= 4 is 19.9 Å². The lowest BCUT2D eigenvalue weighted by Gasteiger charge is -2.40. The fourth-order valence-electron chi connectivity index (χ4n) is 7.89. The number of likely N-dealkylation sites (tertiary alicyclic amines) is 1. The van der Waals surface area contributed by atoms with Crippen molar-refractivity contribution in [2.45, 2.75) is 278 Å². The molecule has 1 unspecified atom stereocenters. The maximum atomic E-state index is 11.5. The third kappa shape index (κ3) is 24.7. The molecule has 0 spiro atoms. The molecule has 7 aliphatic rings. The molecule has 1 saturated heterocycles. The molecule has 0 aromatic heterocycles. The zero-order chi connectivity index (χ0) is 46.6. The van der Waals surface area contributed by atoms with E-state index in [1.165, 1.54) is 90.1 Å². The molecular weight excluding hydrogens is 801 g/mol. The molecule has 0 aromatic rings. The van der Waals surface area contributed by atoms with E-state index in [2.05, 4.69) is 85.8 Å². The van der Waals surface area contributed by atoms with Gasteiger partial charge >= 0.3 is 0 Å². The fourth-order valence-corrected chi connectivity index (χ4v) is 10.6. The normalized spacial score (nSPS) is 22.4. The van der Waals surface area contributed by atoms with Crippen LogP contribution in [0.3, 0.4) is 0 Å². The maximum Gasteiger partial charge on any atom is 0.214 e. The third-order valence-electron chi connectivity index (χ3n) is 14.4. The Hall–Kier alpha value is -0.260. The van der Waals surface area contributed by atoms with E-state index in [1.54, 1.807) is 27.7 Å². The van der Waals surface area contributed by atoms with Gasteiger partial charge in [-0.15, -0.1) is 0 Å². The lowest BCUT2D eigenvalue weighted by Crippen LogP contribution is -2.41.